The van der Waals surface area contributed by atoms with E-state index < -0.39 is 8.80 Å². The van der Waals surface area contributed by atoms with Crippen molar-refractivity contribution in [3.05, 3.63) is 0 Å². The van der Waals surface area contributed by atoms with E-state index in [9.17, 15) is 0 Å². The smallest absolute Gasteiger partial charge is 0.377 e. The van der Waals surface area contributed by atoms with E-state index in [2.05, 4.69) is 0 Å². The molecule has 0 amide bonds. The topological polar surface area (TPSA) is 83.0 Å². The molecule has 0 unspecified atom stereocenters. The summed E-state index contributed by atoms with van der Waals surface area (Å²) in [6.07, 6.45) is 0.873. The van der Waals surface area contributed by atoms with Crippen LogP contribution < -0.4 is 11.6 Å². The van der Waals surface area contributed by atoms with Gasteiger partial charge >= 0.3 is 8.80 Å². The van der Waals surface area contributed by atoms with Crippen LogP contribution in [0.4, 0.5) is 0 Å². The summed E-state index contributed by atoms with van der Waals surface area (Å²) in [5.74, 6) is 5.68. The maximum Gasteiger partial charge on any atom is 0.500 e. The largest absolute Gasteiger partial charge is 0.500 e. The van der Waals surface area contributed by atoms with Gasteiger partial charge in [0.15, 0.2) is 0 Å². The molecule has 0 radical (unpaired) electrons. The van der Waals surface area contributed by atoms with Gasteiger partial charge in [0.05, 0.1) is 0 Å². The molecule has 0 saturated carbocycles. The predicted molar refractivity (Wildman–Crippen MR) is 68.3 cm³/mol. The highest BCUT2D eigenvalue weighted by Gasteiger charge is 2.36. The Bertz CT molecular complexity index is 155. The van der Waals surface area contributed by atoms with Gasteiger partial charge in [0.25, 0.3) is 0 Å². The zero-order chi connectivity index (χ0) is 11.7. The molecule has 100 valence electrons. The van der Waals surface area contributed by atoms with Gasteiger partial charge in [0.1, 0.15) is 0 Å². The van der Waals surface area contributed by atoms with Crippen LogP contribution in [0.5, 0.6) is 0 Å². The average molecular weight is 274 g/mol. The van der Waals surface area contributed by atoms with Crippen LogP contribution in [-0.2, 0) is 13.3 Å². The van der Waals surface area contributed by atoms with E-state index in [0.29, 0.717) is 13.1 Å². The lowest BCUT2D eigenvalue weighted by atomic mass is 10.4. The molecule has 4 N–H and O–H groups in total. The number of hydrogen-bond donors (Lipinski definition) is 2. The molecular formula is C8H24ClN3O3Si. The van der Waals surface area contributed by atoms with Gasteiger partial charge in [-0.3, -0.25) is 5.84 Å². The molecular weight excluding hydrogens is 250 g/mol. The number of halogens is 1. The fourth-order valence-electron chi connectivity index (χ4n) is 1.33. The molecule has 0 aromatic rings. The van der Waals surface area contributed by atoms with Gasteiger partial charge in [-0.25, -0.2) is 5.01 Å². The van der Waals surface area contributed by atoms with Gasteiger partial charge in [-0.2, -0.15) is 0 Å². The maximum absolute atomic E-state index is 5.68. The SMILES string of the molecule is CO[Si](CCCN(N)CCN)(OC)OC.Cl. The maximum atomic E-state index is 5.68. The number of hydrazine groups is 1. The fourth-order valence-corrected chi connectivity index (χ4v) is 3.04. The van der Waals surface area contributed by atoms with Crippen LogP contribution in [0.2, 0.25) is 6.04 Å². The molecule has 0 bridgehead atoms. The molecule has 0 rings (SSSR count). The standard InChI is InChI=1S/C8H23N3O3Si.ClH/c1-12-15(13-2,14-3)8-4-6-11(10)7-5-9;/h4-10H2,1-3H3;1H. The molecule has 6 nitrogen and oxygen atoms in total. The summed E-state index contributed by atoms with van der Waals surface area (Å²) < 4.78 is 15.9. The normalized spacial score (nSPS) is 11.6. The van der Waals surface area contributed by atoms with Crippen molar-refractivity contribution in [1.29, 1.82) is 0 Å². The van der Waals surface area contributed by atoms with Crippen LogP contribution in [0.25, 0.3) is 0 Å². The first-order chi connectivity index (χ1) is 7.14. The molecule has 8 heteroatoms. The van der Waals surface area contributed by atoms with Crippen LogP contribution >= 0.6 is 12.4 Å². The number of hydrogen-bond acceptors (Lipinski definition) is 6. The van der Waals surface area contributed by atoms with Crippen molar-refractivity contribution in [2.45, 2.75) is 12.5 Å². The molecule has 0 saturated heterocycles. The van der Waals surface area contributed by atoms with Gasteiger partial charge in [-0.1, -0.05) is 0 Å². The number of nitrogens with two attached hydrogens (primary N) is 2. The second-order valence-electron chi connectivity index (χ2n) is 3.22. The van der Waals surface area contributed by atoms with Gasteiger partial charge in [-0.05, 0) is 6.42 Å². The molecule has 0 aromatic carbocycles. The monoisotopic (exact) mass is 273 g/mol. The fraction of sp³-hybridized carbons (Fsp3) is 1.00. The highest BCUT2D eigenvalue weighted by atomic mass is 35.5. The summed E-state index contributed by atoms with van der Waals surface area (Å²) in [6, 6.07) is 0.759. The van der Waals surface area contributed by atoms with E-state index in [1.807, 2.05) is 0 Å². The Balaban J connectivity index is 0. The first kappa shape index (κ1) is 18.6. The van der Waals surface area contributed by atoms with E-state index in [0.717, 1.165) is 19.0 Å². The third-order valence-corrected chi connectivity index (χ3v) is 5.11. The van der Waals surface area contributed by atoms with Crippen LogP contribution in [-0.4, -0.2) is 54.8 Å². The molecule has 0 atom stereocenters. The van der Waals surface area contributed by atoms with E-state index in [1.165, 1.54) is 0 Å². The summed E-state index contributed by atoms with van der Waals surface area (Å²) in [7, 11) is 2.41. The number of rotatable bonds is 9. The lowest BCUT2D eigenvalue weighted by molar-refractivity contribution is 0.121. The summed E-state index contributed by atoms with van der Waals surface area (Å²) in [5, 5.41) is 1.69. The highest BCUT2D eigenvalue weighted by Crippen LogP contribution is 2.14. The molecule has 0 aromatic heterocycles. The third kappa shape index (κ3) is 6.76. The molecule has 0 aliphatic rings. The van der Waals surface area contributed by atoms with Crippen molar-refractivity contribution >= 4 is 21.2 Å². The molecule has 0 aliphatic heterocycles. The second kappa shape index (κ2) is 10.4. The molecule has 0 heterocycles. The Morgan fingerprint density at radius 2 is 1.56 bits per heavy atom. The Morgan fingerprint density at radius 3 is 1.94 bits per heavy atom. The Morgan fingerprint density at radius 1 is 1.06 bits per heavy atom. The summed E-state index contributed by atoms with van der Waals surface area (Å²) in [6.45, 7) is 2.03. The lowest BCUT2D eigenvalue weighted by Crippen LogP contribution is -2.44. The minimum absolute atomic E-state index is 0. The Hall–Kier alpha value is 0.267. The van der Waals surface area contributed by atoms with Gasteiger partial charge in [0, 0.05) is 47.0 Å². The van der Waals surface area contributed by atoms with Crippen molar-refractivity contribution in [2.24, 2.45) is 11.6 Å². The van der Waals surface area contributed by atoms with Crippen molar-refractivity contribution in [2.75, 3.05) is 41.0 Å². The van der Waals surface area contributed by atoms with E-state index >= 15 is 0 Å². The van der Waals surface area contributed by atoms with E-state index in [4.69, 9.17) is 24.9 Å². The van der Waals surface area contributed by atoms with Crippen LogP contribution in [0, 0.1) is 0 Å². The third-order valence-electron chi connectivity index (χ3n) is 2.28. The Kier molecular flexibility index (Phi) is 12.1. The second-order valence-corrected chi connectivity index (χ2v) is 6.31. The molecule has 16 heavy (non-hydrogen) atoms. The van der Waals surface area contributed by atoms with Gasteiger partial charge in [0.2, 0.25) is 0 Å². The zero-order valence-corrected chi connectivity index (χ0v) is 12.1. The predicted octanol–water partition coefficient (Wildman–Crippen LogP) is -0.189. The zero-order valence-electron chi connectivity index (χ0n) is 10.3. The summed E-state index contributed by atoms with van der Waals surface area (Å²) in [5.41, 5.74) is 5.38. The first-order valence-electron chi connectivity index (χ1n) is 4.99. The van der Waals surface area contributed by atoms with Crippen LogP contribution in [0.15, 0.2) is 0 Å². The van der Waals surface area contributed by atoms with E-state index in [-0.39, 0.29) is 12.4 Å². The highest BCUT2D eigenvalue weighted by molar-refractivity contribution is 6.60. The van der Waals surface area contributed by atoms with E-state index in [1.54, 1.807) is 26.3 Å². The Labute approximate surface area is 105 Å². The first-order valence-corrected chi connectivity index (χ1v) is 6.92. The molecule has 0 fully saturated rings. The molecule has 0 spiro atoms. The van der Waals surface area contributed by atoms with Gasteiger partial charge < -0.3 is 19.0 Å². The van der Waals surface area contributed by atoms with Crippen molar-refractivity contribution < 1.29 is 13.3 Å². The summed E-state index contributed by atoms with van der Waals surface area (Å²) in [4.78, 5) is 0. The quantitative estimate of drug-likeness (QED) is 0.344. The number of nitrogens with zero attached hydrogens (tertiary/aromatic N) is 1. The average Bonchev–Trinajstić information content (AvgIpc) is 2.25. The van der Waals surface area contributed by atoms with Crippen LogP contribution in [0.1, 0.15) is 6.42 Å². The lowest BCUT2D eigenvalue weighted by Gasteiger charge is -2.25. The van der Waals surface area contributed by atoms with Crippen molar-refractivity contribution in [3.8, 4) is 0 Å². The molecule has 0 aliphatic carbocycles. The van der Waals surface area contributed by atoms with Crippen molar-refractivity contribution in [3.63, 3.8) is 0 Å². The van der Waals surface area contributed by atoms with Gasteiger partial charge in [-0.15, -0.1) is 12.4 Å². The van der Waals surface area contributed by atoms with Crippen molar-refractivity contribution in [1.82, 2.24) is 5.01 Å². The summed E-state index contributed by atoms with van der Waals surface area (Å²) >= 11 is 0. The minimum Gasteiger partial charge on any atom is -0.377 e. The van der Waals surface area contributed by atoms with Crippen LogP contribution in [0.3, 0.4) is 0 Å². The minimum atomic E-state index is -2.42.